The molecule has 1 amide bonds. The van der Waals surface area contributed by atoms with E-state index in [2.05, 4.69) is 43.7 Å². The maximum Gasteiger partial charge on any atom is 0.286 e. The van der Waals surface area contributed by atoms with Crippen molar-refractivity contribution in [2.24, 2.45) is 4.99 Å². The summed E-state index contributed by atoms with van der Waals surface area (Å²) in [5.74, 6) is -0.234. The quantitative estimate of drug-likeness (QED) is 0.442. The largest absolute Gasteiger partial charge is 0.378 e. The number of carbonyl (C=O) groups excluding carboxylic acids is 1. The van der Waals surface area contributed by atoms with E-state index in [4.69, 9.17) is 21.4 Å². The molecule has 0 bridgehead atoms. The smallest absolute Gasteiger partial charge is 0.286 e. The van der Waals surface area contributed by atoms with Crippen LogP contribution in [-0.4, -0.2) is 94.5 Å². The maximum atomic E-state index is 12.6. The number of aliphatic imine (C=N–C) groups is 1. The fourth-order valence-electron chi connectivity index (χ4n) is 5.03. The van der Waals surface area contributed by atoms with Crippen molar-refractivity contribution in [1.82, 2.24) is 24.4 Å². The zero-order chi connectivity index (χ0) is 26.1. The zero-order valence-electron chi connectivity index (χ0n) is 21.3. The maximum absolute atomic E-state index is 12.6. The summed E-state index contributed by atoms with van der Waals surface area (Å²) in [6.45, 7) is 10.2. The Morgan fingerprint density at radius 2 is 1.87 bits per heavy atom. The van der Waals surface area contributed by atoms with Crippen molar-refractivity contribution in [3.63, 3.8) is 0 Å². The number of rotatable bonds is 5. The molecular formula is C27H30ClN7O2S. The van der Waals surface area contributed by atoms with Gasteiger partial charge >= 0.3 is 0 Å². The molecule has 5 heterocycles. The van der Waals surface area contributed by atoms with E-state index in [1.54, 1.807) is 10.6 Å². The van der Waals surface area contributed by atoms with E-state index in [1.807, 2.05) is 24.4 Å². The van der Waals surface area contributed by atoms with Crippen LogP contribution in [0.5, 0.6) is 0 Å². The SMILES string of the molecule is CCCN1CCN(c2ccc(-c3cnc4ccc(C=C5SC(N6CCOCC6)=NC5=O)nn34)cc2Cl)CC1. The summed E-state index contributed by atoms with van der Waals surface area (Å²) in [6, 6.07) is 9.94. The Morgan fingerprint density at radius 1 is 1.05 bits per heavy atom. The van der Waals surface area contributed by atoms with Crippen molar-refractivity contribution in [2.75, 3.05) is 63.9 Å². The molecule has 0 aliphatic carbocycles. The van der Waals surface area contributed by atoms with Crippen molar-refractivity contribution in [1.29, 1.82) is 0 Å². The fraction of sp³-hybridized carbons (Fsp3) is 0.407. The first-order valence-corrected chi connectivity index (χ1v) is 14.3. The molecule has 0 spiro atoms. The van der Waals surface area contributed by atoms with Crippen molar-refractivity contribution in [2.45, 2.75) is 13.3 Å². The van der Waals surface area contributed by atoms with Gasteiger partial charge in [-0.2, -0.15) is 10.1 Å². The lowest BCUT2D eigenvalue weighted by atomic mass is 10.1. The van der Waals surface area contributed by atoms with Crippen LogP contribution in [0, 0.1) is 0 Å². The molecule has 1 aromatic carbocycles. The van der Waals surface area contributed by atoms with Crippen LogP contribution >= 0.6 is 23.4 Å². The highest BCUT2D eigenvalue weighted by molar-refractivity contribution is 8.18. The van der Waals surface area contributed by atoms with Crippen LogP contribution in [0.4, 0.5) is 5.69 Å². The van der Waals surface area contributed by atoms with Crippen molar-refractivity contribution < 1.29 is 9.53 Å². The number of anilines is 1. The lowest BCUT2D eigenvalue weighted by Crippen LogP contribution is -2.46. The van der Waals surface area contributed by atoms with Crippen molar-refractivity contribution >= 4 is 51.8 Å². The number of halogens is 1. The minimum atomic E-state index is -0.234. The van der Waals surface area contributed by atoms with Gasteiger partial charge in [0.2, 0.25) is 0 Å². The molecule has 0 unspecified atom stereocenters. The molecule has 198 valence electrons. The highest BCUT2D eigenvalue weighted by Gasteiger charge is 2.27. The number of ether oxygens (including phenoxy) is 1. The molecule has 2 aromatic heterocycles. The summed E-state index contributed by atoms with van der Waals surface area (Å²) in [4.78, 5) is 28.9. The summed E-state index contributed by atoms with van der Waals surface area (Å²) >= 11 is 8.18. The number of imidazole rings is 1. The van der Waals surface area contributed by atoms with Crippen LogP contribution in [0.2, 0.25) is 5.02 Å². The van der Waals surface area contributed by atoms with Gasteiger partial charge in [0.15, 0.2) is 10.8 Å². The summed E-state index contributed by atoms with van der Waals surface area (Å²) in [7, 11) is 0. The first-order valence-electron chi connectivity index (χ1n) is 13.1. The zero-order valence-corrected chi connectivity index (χ0v) is 22.9. The van der Waals surface area contributed by atoms with Crippen LogP contribution in [0.15, 0.2) is 46.4 Å². The Kier molecular flexibility index (Phi) is 7.38. The molecule has 11 heteroatoms. The average Bonchev–Trinajstić information content (AvgIpc) is 3.53. The molecule has 2 saturated heterocycles. The number of benzene rings is 1. The summed E-state index contributed by atoms with van der Waals surface area (Å²) in [6.07, 6.45) is 4.78. The lowest BCUT2D eigenvalue weighted by Gasteiger charge is -2.36. The molecule has 3 aromatic rings. The van der Waals surface area contributed by atoms with Crippen molar-refractivity contribution in [3.05, 3.63) is 52.2 Å². The number of hydrogen-bond donors (Lipinski definition) is 0. The van der Waals surface area contributed by atoms with Crippen LogP contribution in [0.25, 0.3) is 23.0 Å². The topological polar surface area (TPSA) is 78.6 Å². The molecule has 3 aliphatic rings. The number of thioether (sulfide) groups is 1. The number of aromatic nitrogens is 3. The highest BCUT2D eigenvalue weighted by Crippen LogP contribution is 2.33. The van der Waals surface area contributed by atoms with E-state index in [0.717, 1.165) is 78.6 Å². The van der Waals surface area contributed by atoms with E-state index < -0.39 is 0 Å². The third-order valence-electron chi connectivity index (χ3n) is 7.05. The van der Waals surface area contributed by atoms with Crippen LogP contribution < -0.4 is 4.90 Å². The second kappa shape index (κ2) is 11.1. The Bertz CT molecular complexity index is 1410. The number of fused-ring (bicyclic) bond motifs is 1. The Labute approximate surface area is 231 Å². The Balaban J connectivity index is 1.22. The fourth-order valence-corrected chi connectivity index (χ4v) is 6.28. The predicted molar refractivity (Wildman–Crippen MR) is 153 cm³/mol. The first kappa shape index (κ1) is 25.4. The molecule has 38 heavy (non-hydrogen) atoms. The number of piperazine rings is 1. The number of morpholine rings is 1. The molecule has 9 nitrogen and oxygen atoms in total. The van der Waals surface area contributed by atoms with Gasteiger partial charge in [-0.3, -0.25) is 9.69 Å². The van der Waals surface area contributed by atoms with E-state index in [1.165, 1.54) is 18.2 Å². The summed E-state index contributed by atoms with van der Waals surface area (Å²) < 4.78 is 7.21. The Morgan fingerprint density at radius 3 is 2.63 bits per heavy atom. The molecule has 0 N–H and O–H groups in total. The van der Waals surface area contributed by atoms with Gasteiger partial charge < -0.3 is 14.5 Å². The van der Waals surface area contributed by atoms with Gasteiger partial charge in [-0.15, -0.1) is 0 Å². The summed E-state index contributed by atoms with van der Waals surface area (Å²) in [5, 5.41) is 6.24. The summed E-state index contributed by atoms with van der Waals surface area (Å²) in [5.41, 5.74) is 4.24. The molecule has 2 fully saturated rings. The van der Waals surface area contributed by atoms with E-state index in [0.29, 0.717) is 23.8 Å². The standard InChI is InChI=1S/C27H30ClN7O2S/c1-2-7-32-8-10-33(11-9-32)22-5-3-19(16-21(22)28)23-18-29-25-6-4-20(31-35(23)25)17-24-26(36)30-27(38-24)34-12-14-37-15-13-34/h3-6,16-18H,2,7-15H2,1H3. The average molecular weight is 552 g/mol. The molecule has 0 radical (unpaired) electrons. The molecule has 0 atom stereocenters. The van der Waals surface area contributed by atoms with E-state index in [-0.39, 0.29) is 5.91 Å². The number of nitrogens with zero attached hydrogens (tertiary/aromatic N) is 7. The lowest BCUT2D eigenvalue weighted by molar-refractivity contribution is -0.113. The van der Waals surface area contributed by atoms with Gasteiger partial charge in [0.25, 0.3) is 5.91 Å². The van der Waals surface area contributed by atoms with Gasteiger partial charge in [0.1, 0.15) is 0 Å². The van der Waals surface area contributed by atoms with Gasteiger partial charge in [0.05, 0.1) is 46.4 Å². The van der Waals surface area contributed by atoms with Crippen molar-refractivity contribution in [3.8, 4) is 11.3 Å². The molecular weight excluding hydrogens is 522 g/mol. The van der Waals surface area contributed by atoms with E-state index in [9.17, 15) is 4.79 Å². The van der Waals surface area contributed by atoms with Gasteiger partial charge in [0, 0.05) is 44.8 Å². The highest BCUT2D eigenvalue weighted by atomic mass is 35.5. The molecule has 6 rings (SSSR count). The Hall–Kier alpha value is -2.92. The number of carbonyl (C=O) groups is 1. The van der Waals surface area contributed by atoms with E-state index >= 15 is 0 Å². The van der Waals surface area contributed by atoms with Gasteiger partial charge in [-0.25, -0.2) is 9.50 Å². The van der Waals surface area contributed by atoms with Gasteiger partial charge in [-0.1, -0.05) is 24.6 Å². The minimum absolute atomic E-state index is 0.234. The first-order chi connectivity index (χ1) is 18.6. The molecule has 0 saturated carbocycles. The van der Waals surface area contributed by atoms with Crippen LogP contribution in [-0.2, 0) is 9.53 Å². The third kappa shape index (κ3) is 5.18. The third-order valence-corrected chi connectivity index (χ3v) is 8.40. The number of amides is 1. The molecule has 3 aliphatic heterocycles. The minimum Gasteiger partial charge on any atom is -0.378 e. The van der Waals surface area contributed by atoms with Crippen LogP contribution in [0.3, 0.4) is 0 Å². The second-order valence-corrected chi connectivity index (χ2v) is 11.0. The normalized spacial score (nSPS) is 20.1. The predicted octanol–water partition coefficient (Wildman–Crippen LogP) is 3.88. The van der Waals surface area contributed by atoms with Gasteiger partial charge in [-0.05, 0) is 55.1 Å². The van der Waals surface area contributed by atoms with Crippen LogP contribution in [0.1, 0.15) is 19.0 Å². The number of amidine groups is 1. The number of hydrogen-bond acceptors (Lipinski definition) is 8. The monoisotopic (exact) mass is 551 g/mol. The second-order valence-electron chi connectivity index (χ2n) is 9.58.